The maximum Gasteiger partial charge on any atom is 0.0558 e. The molecule has 0 aromatic heterocycles. The number of aliphatic hydroxyl groups excluding tert-OH is 2. The van der Waals surface area contributed by atoms with E-state index in [-0.39, 0.29) is 12.7 Å². The summed E-state index contributed by atoms with van der Waals surface area (Å²) >= 11 is 0. The first-order valence-corrected chi connectivity index (χ1v) is 9.37. The summed E-state index contributed by atoms with van der Waals surface area (Å²) in [6.45, 7) is 2.63. The molecule has 136 valence electrons. The van der Waals surface area contributed by atoms with Gasteiger partial charge in [0, 0.05) is 19.6 Å². The molecule has 3 heteroatoms. The van der Waals surface area contributed by atoms with E-state index in [9.17, 15) is 0 Å². The Balaban J connectivity index is 0.000000269. The van der Waals surface area contributed by atoms with Crippen LogP contribution in [-0.2, 0) is 13.1 Å². The summed E-state index contributed by atoms with van der Waals surface area (Å²) < 4.78 is 0. The van der Waals surface area contributed by atoms with Crippen LogP contribution in [0.3, 0.4) is 0 Å². The number of rotatable bonds is 6. The van der Waals surface area contributed by atoms with Crippen molar-refractivity contribution in [3.05, 3.63) is 71.8 Å². The van der Waals surface area contributed by atoms with E-state index in [1.807, 2.05) is 12.1 Å². The molecule has 0 heterocycles. The van der Waals surface area contributed by atoms with Crippen molar-refractivity contribution < 1.29 is 10.2 Å². The van der Waals surface area contributed by atoms with Crippen molar-refractivity contribution in [1.82, 2.24) is 4.90 Å². The Hall–Kier alpha value is -1.68. The van der Waals surface area contributed by atoms with E-state index < -0.39 is 0 Å². The molecule has 2 aromatic carbocycles. The average Bonchev–Trinajstić information content (AvgIpc) is 2.65. The monoisotopic (exact) mass is 341 g/mol. The molecule has 3 rings (SSSR count). The van der Waals surface area contributed by atoms with Crippen molar-refractivity contribution in [2.75, 3.05) is 13.2 Å². The second-order valence-corrected chi connectivity index (χ2v) is 6.70. The molecule has 0 unspecified atom stereocenters. The lowest BCUT2D eigenvalue weighted by atomic mass is 9.98. The van der Waals surface area contributed by atoms with Gasteiger partial charge in [0.15, 0.2) is 0 Å². The van der Waals surface area contributed by atoms with Crippen LogP contribution < -0.4 is 0 Å². The number of benzene rings is 2. The van der Waals surface area contributed by atoms with E-state index in [0.29, 0.717) is 6.54 Å². The zero-order valence-corrected chi connectivity index (χ0v) is 15.1. The van der Waals surface area contributed by atoms with Gasteiger partial charge in [-0.3, -0.25) is 4.90 Å². The molecule has 2 aromatic rings. The number of nitrogens with zero attached hydrogens (tertiary/aromatic N) is 1. The minimum absolute atomic E-state index is 0.0359. The van der Waals surface area contributed by atoms with Gasteiger partial charge in [-0.15, -0.1) is 0 Å². The van der Waals surface area contributed by atoms with Crippen LogP contribution in [-0.4, -0.2) is 34.4 Å². The van der Waals surface area contributed by atoms with E-state index in [1.54, 1.807) is 0 Å². The van der Waals surface area contributed by atoms with Crippen LogP contribution in [0, 0.1) is 0 Å². The van der Waals surface area contributed by atoms with E-state index in [1.165, 1.54) is 30.4 Å². The molecule has 0 saturated heterocycles. The van der Waals surface area contributed by atoms with Gasteiger partial charge in [0.1, 0.15) is 0 Å². The molecule has 1 fully saturated rings. The molecule has 0 bridgehead atoms. The Morgan fingerprint density at radius 1 is 0.760 bits per heavy atom. The first-order chi connectivity index (χ1) is 12.3. The number of aliphatic hydroxyl groups is 2. The third kappa shape index (κ3) is 8.30. The SMILES string of the molecule is OC1CCCCC1.OCCN(Cc1ccccc1)Cc1ccccc1. The van der Waals surface area contributed by atoms with Gasteiger partial charge in [-0.05, 0) is 24.0 Å². The highest BCUT2D eigenvalue weighted by Gasteiger charge is 2.08. The van der Waals surface area contributed by atoms with Crippen molar-refractivity contribution in [3.63, 3.8) is 0 Å². The van der Waals surface area contributed by atoms with Crippen LogP contribution >= 0.6 is 0 Å². The minimum atomic E-state index is 0.0359. The fourth-order valence-electron chi connectivity index (χ4n) is 3.12. The Morgan fingerprint density at radius 2 is 1.24 bits per heavy atom. The minimum Gasteiger partial charge on any atom is -0.395 e. The van der Waals surface area contributed by atoms with Gasteiger partial charge in [-0.1, -0.05) is 79.9 Å². The van der Waals surface area contributed by atoms with Gasteiger partial charge < -0.3 is 10.2 Å². The predicted molar refractivity (Wildman–Crippen MR) is 103 cm³/mol. The van der Waals surface area contributed by atoms with Crippen LogP contribution in [0.1, 0.15) is 43.2 Å². The predicted octanol–water partition coefficient (Wildman–Crippen LogP) is 3.99. The summed E-state index contributed by atoms with van der Waals surface area (Å²) in [4.78, 5) is 2.25. The molecule has 0 amide bonds. The van der Waals surface area contributed by atoms with Gasteiger partial charge in [-0.2, -0.15) is 0 Å². The molecule has 2 N–H and O–H groups in total. The summed E-state index contributed by atoms with van der Waals surface area (Å²) in [5.74, 6) is 0. The average molecular weight is 341 g/mol. The second kappa shape index (κ2) is 11.8. The third-order valence-electron chi connectivity index (χ3n) is 4.49. The van der Waals surface area contributed by atoms with Gasteiger partial charge in [-0.25, -0.2) is 0 Å². The van der Waals surface area contributed by atoms with Crippen LogP contribution in [0.25, 0.3) is 0 Å². The summed E-state index contributed by atoms with van der Waals surface area (Å²) in [5, 5.41) is 18.1. The Bertz CT molecular complexity index is 511. The standard InChI is InChI=1S/C16H19NO.C6H12O/c18-12-11-17(13-15-7-3-1-4-8-15)14-16-9-5-2-6-10-16;7-6-4-2-1-3-5-6/h1-10,18H,11-14H2;6-7H,1-5H2. The molecule has 0 radical (unpaired) electrons. The Kier molecular flexibility index (Phi) is 9.27. The lowest BCUT2D eigenvalue weighted by Gasteiger charge is -2.21. The van der Waals surface area contributed by atoms with Crippen molar-refractivity contribution in [2.24, 2.45) is 0 Å². The highest BCUT2D eigenvalue weighted by Crippen LogP contribution is 2.16. The fraction of sp³-hybridized carbons (Fsp3) is 0.455. The molecule has 25 heavy (non-hydrogen) atoms. The first-order valence-electron chi connectivity index (χ1n) is 9.37. The number of hydrogen-bond acceptors (Lipinski definition) is 3. The molecule has 3 nitrogen and oxygen atoms in total. The Morgan fingerprint density at radius 3 is 1.60 bits per heavy atom. The highest BCUT2D eigenvalue weighted by molar-refractivity contribution is 5.17. The van der Waals surface area contributed by atoms with Crippen molar-refractivity contribution >= 4 is 0 Å². The summed E-state index contributed by atoms with van der Waals surface area (Å²) in [7, 11) is 0. The van der Waals surface area contributed by atoms with Crippen LogP contribution in [0.4, 0.5) is 0 Å². The molecule has 1 aliphatic rings. The molecule has 0 atom stereocenters. The maximum atomic E-state index is 9.15. The summed E-state index contributed by atoms with van der Waals surface area (Å²) in [5.41, 5.74) is 2.56. The molecular formula is C22H31NO2. The zero-order valence-electron chi connectivity index (χ0n) is 15.1. The number of hydrogen-bond donors (Lipinski definition) is 2. The maximum absolute atomic E-state index is 9.15. The lowest BCUT2D eigenvalue weighted by molar-refractivity contribution is 0.130. The first kappa shape index (κ1) is 19.6. The summed E-state index contributed by atoms with van der Waals surface area (Å²) in [6.07, 6.45) is 5.92. The van der Waals surface area contributed by atoms with Crippen LogP contribution in [0.2, 0.25) is 0 Å². The van der Waals surface area contributed by atoms with E-state index in [4.69, 9.17) is 10.2 Å². The summed E-state index contributed by atoms with van der Waals surface area (Å²) in [6, 6.07) is 20.7. The van der Waals surface area contributed by atoms with Crippen molar-refractivity contribution in [3.8, 4) is 0 Å². The van der Waals surface area contributed by atoms with Gasteiger partial charge in [0.25, 0.3) is 0 Å². The van der Waals surface area contributed by atoms with E-state index in [2.05, 4.69) is 53.4 Å². The highest BCUT2D eigenvalue weighted by atomic mass is 16.3. The zero-order chi connectivity index (χ0) is 17.7. The quantitative estimate of drug-likeness (QED) is 0.835. The van der Waals surface area contributed by atoms with Crippen molar-refractivity contribution in [2.45, 2.75) is 51.3 Å². The van der Waals surface area contributed by atoms with E-state index in [0.717, 1.165) is 25.9 Å². The van der Waals surface area contributed by atoms with Crippen LogP contribution in [0.15, 0.2) is 60.7 Å². The topological polar surface area (TPSA) is 43.7 Å². The van der Waals surface area contributed by atoms with Gasteiger partial charge in [0.2, 0.25) is 0 Å². The molecule has 1 aliphatic carbocycles. The molecular weight excluding hydrogens is 310 g/mol. The normalized spacial score (nSPS) is 14.8. The van der Waals surface area contributed by atoms with Crippen LogP contribution in [0.5, 0.6) is 0 Å². The molecule has 1 saturated carbocycles. The van der Waals surface area contributed by atoms with Gasteiger partial charge >= 0.3 is 0 Å². The molecule has 0 aliphatic heterocycles. The van der Waals surface area contributed by atoms with Gasteiger partial charge in [0.05, 0.1) is 12.7 Å². The molecule has 0 spiro atoms. The Labute approximate surface area is 151 Å². The van der Waals surface area contributed by atoms with Crippen molar-refractivity contribution in [1.29, 1.82) is 0 Å². The third-order valence-corrected chi connectivity index (χ3v) is 4.49. The van der Waals surface area contributed by atoms with E-state index >= 15 is 0 Å². The second-order valence-electron chi connectivity index (χ2n) is 6.70. The smallest absolute Gasteiger partial charge is 0.0558 e. The fourth-order valence-corrected chi connectivity index (χ4v) is 3.12. The largest absolute Gasteiger partial charge is 0.395 e. The lowest BCUT2D eigenvalue weighted by Crippen LogP contribution is -2.26.